The normalized spacial score (nSPS) is 12.5. The molecule has 166 valence electrons. The zero-order valence-electron chi connectivity index (χ0n) is 16.1. The average molecular weight is 469 g/mol. The molecular formula is C18H13ClF4N8O. The third-order valence-corrected chi connectivity index (χ3v) is 4.89. The topological polar surface area (TPSA) is 127 Å². The molecule has 4 N–H and O–H groups in total. The Morgan fingerprint density at radius 2 is 1.94 bits per heavy atom. The van der Waals surface area contributed by atoms with Crippen LogP contribution in [0.4, 0.5) is 29.3 Å². The van der Waals surface area contributed by atoms with Gasteiger partial charge in [0.15, 0.2) is 23.3 Å². The molecule has 14 heteroatoms. The molecule has 1 unspecified atom stereocenters. The predicted octanol–water partition coefficient (Wildman–Crippen LogP) is 3.52. The van der Waals surface area contributed by atoms with Gasteiger partial charge >= 0.3 is 0 Å². The summed E-state index contributed by atoms with van der Waals surface area (Å²) in [6, 6.07) is 2.39. The molecule has 0 saturated carbocycles. The van der Waals surface area contributed by atoms with E-state index < -0.39 is 51.8 Å². The highest BCUT2D eigenvalue weighted by Crippen LogP contribution is 2.33. The zero-order valence-corrected chi connectivity index (χ0v) is 16.8. The van der Waals surface area contributed by atoms with Crippen LogP contribution in [-0.4, -0.2) is 29.7 Å². The largest absolute Gasteiger partial charge is 0.368 e. The van der Waals surface area contributed by atoms with E-state index >= 15 is 0 Å². The molecule has 0 radical (unpaired) electrons. The van der Waals surface area contributed by atoms with Gasteiger partial charge in [-0.25, -0.2) is 32.1 Å². The number of alkyl halides is 2. The second kappa shape index (κ2) is 8.07. The van der Waals surface area contributed by atoms with Crippen LogP contribution < -0.4 is 16.6 Å². The number of nitrogens with one attached hydrogen (secondary N) is 2. The van der Waals surface area contributed by atoms with Crippen LogP contribution in [0, 0.1) is 11.6 Å². The number of halogens is 5. The van der Waals surface area contributed by atoms with E-state index in [9.17, 15) is 22.4 Å². The van der Waals surface area contributed by atoms with Crippen LogP contribution in [0.1, 0.15) is 30.9 Å². The highest BCUT2D eigenvalue weighted by molar-refractivity contribution is 6.33. The molecule has 9 nitrogen and oxygen atoms in total. The van der Waals surface area contributed by atoms with Gasteiger partial charge in [-0.1, -0.05) is 11.6 Å². The summed E-state index contributed by atoms with van der Waals surface area (Å²) in [6.07, 6.45) is -1.59. The van der Waals surface area contributed by atoms with Gasteiger partial charge in [-0.15, -0.1) is 0 Å². The van der Waals surface area contributed by atoms with Gasteiger partial charge in [-0.05, 0) is 19.1 Å². The molecule has 1 aromatic carbocycles. The fraction of sp³-hybridized carbons (Fsp3) is 0.167. The molecule has 0 aliphatic rings. The number of aromatic nitrogens is 6. The quantitative estimate of drug-likeness (QED) is 0.382. The van der Waals surface area contributed by atoms with E-state index in [0.717, 1.165) is 16.7 Å². The second-order valence-corrected chi connectivity index (χ2v) is 6.97. The Hall–Kier alpha value is -3.74. The number of benzene rings is 1. The predicted molar refractivity (Wildman–Crippen MR) is 108 cm³/mol. The first-order valence-corrected chi connectivity index (χ1v) is 9.35. The smallest absolute Gasteiger partial charge is 0.282 e. The molecule has 3 heterocycles. The van der Waals surface area contributed by atoms with Crippen molar-refractivity contribution in [2.45, 2.75) is 19.4 Å². The summed E-state index contributed by atoms with van der Waals surface area (Å²) in [4.78, 5) is 24.5. The Morgan fingerprint density at radius 3 is 2.59 bits per heavy atom. The number of H-pyrrole nitrogens is 1. The molecule has 0 spiro atoms. The highest BCUT2D eigenvalue weighted by atomic mass is 35.5. The van der Waals surface area contributed by atoms with E-state index in [-0.39, 0.29) is 22.8 Å². The summed E-state index contributed by atoms with van der Waals surface area (Å²) >= 11 is 5.98. The maximum absolute atomic E-state index is 14.4. The Labute approximate surface area is 181 Å². The van der Waals surface area contributed by atoms with Gasteiger partial charge in [0.2, 0.25) is 5.95 Å². The molecule has 1 atom stereocenters. The number of hydrogen-bond acceptors (Lipinski definition) is 7. The lowest BCUT2D eigenvalue weighted by molar-refractivity contribution is 0.146. The molecule has 0 amide bonds. The van der Waals surface area contributed by atoms with E-state index in [1.807, 2.05) is 0 Å². The number of nitrogens with two attached hydrogens (primary N) is 1. The number of nitrogens with zero attached hydrogens (tertiary/aromatic N) is 5. The van der Waals surface area contributed by atoms with Gasteiger partial charge in [0.05, 0.1) is 11.4 Å². The lowest BCUT2D eigenvalue weighted by atomic mass is 10.2. The van der Waals surface area contributed by atoms with Crippen molar-refractivity contribution in [3.05, 3.63) is 62.9 Å². The van der Waals surface area contributed by atoms with Crippen LogP contribution in [-0.2, 0) is 0 Å². The first-order valence-electron chi connectivity index (χ1n) is 8.97. The van der Waals surface area contributed by atoms with E-state index in [1.54, 1.807) is 0 Å². The number of hydrogen-bond donors (Lipinski definition) is 3. The molecule has 4 aromatic rings. The fourth-order valence-electron chi connectivity index (χ4n) is 3.09. The van der Waals surface area contributed by atoms with Crippen molar-refractivity contribution in [1.82, 2.24) is 29.7 Å². The minimum absolute atomic E-state index is 0.111. The number of fused-ring (bicyclic) bond motifs is 1. The van der Waals surface area contributed by atoms with Gasteiger partial charge < -0.3 is 11.1 Å². The monoisotopic (exact) mass is 468 g/mol. The summed E-state index contributed by atoms with van der Waals surface area (Å²) in [5.74, 6) is -3.24. The third kappa shape index (κ3) is 3.60. The van der Waals surface area contributed by atoms with Crippen molar-refractivity contribution in [3.63, 3.8) is 0 Å². The fourth-order valence-corrected chi connectivity index (χ4v) is 3.31. The Morgan fingerprint density at radius 1 is 1.19 bits per heavy atom. The van der Waals surface area contributed by atoms with Crippen LogP contribution in [0.2, 0.25) is 5.02 Å². The van der Waals surface area contributed by atoms with Crippen LogP contribution in [0.5, 0.6) is 0 Å². The van der Waals surface area contributed by atoms with Crippen LogP contribution in [0.25, 0.3) is 16.7 Å². The molecule has 0 fully saturated rings. The van der Waals surface area contributed by atoms with E-state index in [0.29, 0.717) is 0 Å². The van der Waals surface area contributed by atoms with Gasteiger partial charge in [-0.2, -0.15) is 10.1 Å². The van der Waals surface area contributed by atoms with Crippen molar-refractivity contribution in [3.8, 4) is 5.82 Å². The minimum Gasteiger partial charge on any atom is -0.368 e. The van der Waals surface area contributed by atoms with E-state index in [2.05, 4.69) is 30.5 Å². The molecule has 0 bridgehead atoms. The van der Waals surface area contributed by atoms with Crippen molar-refractivity contribution >= 4 is 34.3 Å². The molecule has 32 heavy (non-hydrogen) atoms. The summed E-state index contributed by atoms with van der Waals surface area (Å²) < 4.78 is 55.6. The lowest BCUT2D eigenvalue weighted by Crippen LogP contribution is -2.28. The first kappa shape index (κ1) is 21.5. The van der Waals surface area contributed by atoms with Gasteiger partial charge in [0, 0.05) is 12.3 Å². The minimum atomic E-state index is -3.03. The Kier molecular flexibility index (Phi) is 5.42. The maximum atomic E-state index is 14.4. The van der Waals surface area contributed by atoms with Gasteiger partial charge in [0.1, 0.15) is 22.1 Å². The Balaban J connectivity index is 1.91. The third-order valence-electron chi connectivity index (χ3n) is 4.51. The average Bonchev–Trinajstić information content (AvgIpc) is 3.27. The number of anilines is 2. The molecular weight excluding hydrogens is 456 g/mol. The molecule has 3 aromatic heterocycles. The molecule has 4 rings (SSSR count). The van der Waals surface area contributed by atoms with Gasteiger partial charge in [-0.3, -0.25) is 9.89 Å². The summed E-state index contributed by atoms with van der Waals surface area (Å²) in [6.45, 7) is 1.48. The van der Waals surface area contributed by atoms with Crippen molar-refractivity contribution in [2.24, 2.45) is 0 Å². The molecule has 0 saturated heterocycles. The standard InChI is InChI=1S/C18H13ClF4N8O/c1-6(26-15-10(19)13(14(22)23)28-18(24)29-15)16-27-12-7(2-3-8(20)11(12)21)17(32)31(16)9-4-5-25-30-9/h2-6,14H,1H3,(H,25,30)(H3,24,26,28,29). The van der Waals surface area contributed by atoms with Crippen LogP contribution in [0.3, 0.4) is 0 Å². The highest BCUT2D eigenvalue weighted by Gasteiger charge is 2.25. The second-order valence-electron chi connectivity index (χ2n) is 6.60. The zero-order chi connectivity index (χ0) is 23.2. The number of aromatic amines is 1. The summed E-state index contributed by atoms with van der Waals surface area (Å²) in [5, 5.41) is 8.52. The van der Waals surface area contributed by atoms with Crippen LogP contribution >= 0.6 is 11.6 Å². The Bertz CT molecular complexity index is 1380. The molecule has 0 aliphatic carbocycles. The first-order chi connectivity index (χ1) is 15.2. The molecule has 0 aliphatic heterocycles. The van der Waals surface area contributed by atoms with Gasteiger partial charge in [0.25, 0.3) is 12.0 Å². The number of rotatable bonds is 5. The lowest BCUT2D eigenvalue weighted by Gasteiger charge is -2.20. The van der Waals surface area contributed by atoms with E-state index in [1.165, 1.54) is 19.2 Å². The van der Waals surface area contributed by atoms with Crippen molar-refractivity contribution in [2.75, 3.05) is 11.1 Å². The van der Waals surface area contributed by atoms with Crippen LogP contribution in [0.15, 0.2) is 29.2 Å². The van der Waals surface area contributed by atoms with Crippen molar-refractivity contribution < 1.29 is 17.6 Å². The summed E-state index contributed by atoms with van der Waals surface area (Å²) in [5.41, 5.74) is 3.46. The summed E-state index contributed by atoms with van der Waals surface area (Å²) in [7, 11) is 0. The van der Waals surface area contributed by atoms with Crippen molar-refractivity contribution in [1.29, 1.82) is 0 Å². The SMILES string of the molecule is CC(Nc1nc(N)nc(C(F)F)c1Cl)c1nc2c(F)c(F)ccc2c(=O)n1-c1cc[nH]n1. The number of nitrogen functional groups attached to an aromatic ring is 1. The maximum Gasteiger partial charge on any atom is 0.282 e. The van der Waals surface area contributed by atoms with E-state index in [4.69, 9.17) is 17.3 Å².